The molecule has 20 heavy (non-hydrogen) atoms. The molecule has 0 aliphatic rings. The highest BCUT2D eigenvalue weighted by molar-refractivity contribution is 14.2. The fourth-order valence-electron chi connectivity index (χ4n) is 2.50. The number of hydrogen-bond donors (Lipinski definition) is 0. The SMILES string of the molecule is CS(I)(Cc1cccc2ccccc12)c1ccccc1. The Morgan fingerprint density at radius 2 is 1.45 bits per heavy atom. The van der Waals surface area contributed by atoms with Crippen LogP contribution in [0.1, 0.15) is 5.56 Å². The molecule has 1 atom stereocenters. The fraction of sp³-hybridized carbons (Fsp3) is 0.111. The average Bonchev–Trinajstić information content (AvgIpc) is 2.48. The van der Waals surface area contributed by atoms with Gasteiger partial charge in [-0.05, 0) is 60.8 Å². The third-order valence-electron chi connectivity index (χ3n) is 3.54. The number of halogens is 1. The quantitative estimate of drug-likeness (QED) is 0.467. The van der Waals surface area contributed by atoms with Crippen molar-refractivity contribution < 1.29 is 0 Å². The lowest BCUT2D eigenvalue weighted by Gasteiger charge is -2.29. The maximum atomic E-state index is 2.66. The van der Waals surface area contributed by atoms with Gasteiger partial charge < -0.3 is 0 Å². The largest absolute Gasteiger partial charge is 0.159 e. The Labute approximate surface area is 134 Å². The second kappa shape index (κ2) is 5.78. The van der Waals surface area contributed by atoms with Crippen LogP contribution in [0, 0.1) is 0 Å². The van der Waals surface area contributed by atoms with Gasteiger partial charge in [-0.3, -0.25) is 0 Å². The van der Waals surface area contributed by atoms with Crippen molar-refractivity contribution in [1.82, 2.24) is 0 Å². The molecule has 0 radical (unpaired) electrons. The van der Waals surface area contributed by atoms with E-state index in [0.29, 0.717) is 0 Å². The van der Waals surface area contributed by atoms with E-state index in [0.717, 1.165) is 5.75 Å². The van der Waals surface area contributed by atoms with Crippen LogP contribution < -0.4 is 0 Å². The second-order valence-corrected chi connectivity index (χ2v) is 13.6. The van der Waals surface area contributed by atoms with Crippen LogP contribution in [0.25, 0.3) is 10.8 Å². The minimum atomic E-state index is -0.835. The van der Waals surface area contributed by atoms with E-state index in [2.05, 4.69) is 100 Å². The van der Waals surface area contributed by atoms with Crippen LogP contribution in [0.5, 0.6) is 0 Å². The molecule has 1 unspecified atom stereocenters. The zero-order chi connectivity index (χ0) is 14.0. The molecule has 0 amide bonds. The number of fused-ring (bicyclic) bond motifs is 1. The summed E-state index contributed by atoms with van der Waals surface area (Å²) in [5.74, 6) is 1.12. The van der Waals surface area contributed by atoms with Crippen molar-refractivity contribution in [2.24, 2.45) is 0 Å². The van der Waals surface area contributed by atoms with E-state index in [1.54, 1.807) is 0 Å². The van der Waals surface area contributed by atoms with Gasteiger partial charge in [-0.2, -0.15) is 7.20 Å². The summed E-state index contributed by atoms with van der Waals surface area (Å²) in [7, 11) is -0.835. The molecule has 0 heterocycles. The fourth-order valence-corrected chi connectivity index (χ4v) is 6.11. The molecule has 2 heteroatoms. The molecule has 3 aromatic rings. The Morgan fingerprint density at radius 3 is 2.25 bits per heavy atom. The van der Waals surface area contributed by atoms with Crippen LogP contribution in [-0.2, 0) is 5.75 Å². The topological polar surface area (TPSA) is 0 Å². The average molecular weight is 392 g/mol. The van der Waals surface area contributed by atoms with Crippen molar-refractivity contribution in [3.05, 3.63) is 78.4 Å². The lowest BCUT2D eigenvalue weighted by molar-refractivity contribution is 1.38. The van der Waals surface area contributed by atoms with Gasteiger partial charge >= 0.3 is 0 Å². The van der Waals surface area contributed by atoms with E-state index in [9.17, 15) is 0 Å². The minimum Gasteiger partial charge on any atom is -0.159 e. The summed E-state index contributed by atoms with van der Waals surface area (Å²) < 4.78 is 0. The Morgan fingerprint density at radius 1 is 0.800 bits per heavy atom. The molecule has 3 rings (SSSR count). The van der Waals surface area contributed by atoms with E-state index in [4.69, 9.17) is 0 Å². The summed E-state index contributed by atoms with van der Waals surface area (Å²) >= 11 is 2.66. The van der Waals surface area contributed by atoms with Gasteiger partial charge in [-0.25, -0.2) is 0 Å². The van der Waals surface area contributed by atoms with Crippen LogP contribution >= 0.6 is 28.4 Å². The van der Waals surface area contributed by atoms with Crippen molar-refractivity contribution >= 4 is 39.2 Å². The molecule has 0 spiro atoms. The lowest BCUT2D eigenvalue weighted by Crippen LogP contribution is -1.96. The number of benzene rings is 3. The van der Waals surface area contributed by atoms with Crippen LogP contribution in [0.2, 0.25) is 0 Å². The van der Waals surface area contributed by atoms with Gasteiger partial charge in [0, 0.05) is 5.75 Å². The first kappa shape index (κ1) is 14.0. The van der Waals surface area contributed by atoms with Crippen molar-refractivity contribution in [1.29, 1.82) is 0 Å². The summed E-state index contributed by atoms with van der Waals surface area (Å²) in [6.45, 7) is 0. The van der Waals surface area contributed by atoms with Gasteiger partial charge in [-0.15, -0.1) is 0 Å². The maximum absolute atomic E-state index is 2.66. The van der Waals surface area contributed by atoms with Gasteiger partial charge in [0.15, 0.2) is 0 Å². The monoisotopic (exact) mass is 392 g/mol. The zero-order valence-corrected chi connectivity index (χ0v) is 14.4. The summed E-state index contributed by atoms with van der Waals surface area (Å²) in [4.78, 5) is 1.47. The maximum Gasteiger partial charge on any atom is 0.0152 e. The molecule has 0 nitrogen and oxygen atoms in total. The second-order valence-electron chi connectivity index (χ2n) is 5.07. The standard InChI is InChI=1S/C18H17IS/c1-20(19,17-11-3-2-4-12-17)14-16-10-7-9-15-8-5-6-13-18(15)16/h2-13H,14H2,1H3. The van der Waals surface area contributed by atoms with E-state index < -0.39 is 7.20 Å². The predicted molar refractivity (Wildman–Crippen MR) is 99.9 cm³/mol. The third-order valence-corrected chi connectivity index (χ3v) is 8.11. The highest BCUT2D eigenvalue weighted by Crippen LogP contribution is 2.62. The normalized spacial score (nSPS) is 15.7. The van der Waals surface area contributed by atoms with Crippen molar-refractivity contribution in [3.8, 4) is 0 Å². The zero-order valence-electron chi connectivity index (χ0n) is 11.4. The molecule has 0 fully saturated rings. The summed E-state index contributed by atoms with van der Waals surface area (Å²) in [5.41, 5.74) is 1.46. The number of hydrogen-bond acceptors (Lipinski definition) is 0. The Kier molecular flexibility index (Phi) is 4.03. The van der Waals surface area contributed by atoms with E-state index >= 15 is 0 Å². The Hall–Kier alpha value is -1.00. The Bertz CT molecular complexity index is 714. The van der Waals surface area contributed by atoms with E-state index in [-0.39, 0.29) is 0 Å². The lowest BCUT2D eigenvalue weighted by atomic mass is 10.1. The minimum absolute atomic E-state index is 0.835. The van der Waals surface area contributed by atoms with Crippen LogP contribution in [0.3, 0.4) is 0 Å². The number of rotatable bonds is 3. The van der Waals surface area contributed by atoms with E-state index in [1.807, 2.05) is 0 Å². The van der Waals surface area contributed by atoms with Gasteiger partial charge in [0.25, 0.3) is 0 Å². The molecule has 0 N–H and O–H groups in total. The first-order chi connectivity index (χ1) is 9.67. The van der Waals surface area contributed by atoms with E-state index in [1.165, 1.54) is 21.2 Å². The molecule has 0 saturated heterocycles. The van der Waals surface area contributed by atoms with Gasteiger partial charge in [0.05, 0.1) is 0 Å². The smallest absolute Gasteiger partial charge is 0.0152 e. The molecule has 0 saturated carbocycles. The van der Waals surface area contributed by atoms with Crippen LogP contribution in [-0.4, -0.2) is 6.26 Å². The van der Waals surface area contributed by atoms with Crippen molar-refractivity contribution in [3.63, 3.8) is 0 Å². The van der Waals surface area contributed by atoms with Crippen LogP contribution in [0.15, 0.2) is 77.7 Å². The van der Waals surface area contributed by atoms with Gasteiger partial charge in [0.2, 0.25) is 0 Å². The van der Waals surface area contributed by atoms with Gasteiger partial charge in [0.1, 0.15) is 0 Å². The molecule has 3 aromatic carbocycles. The summed E-state index contributed by atoms with van der Waals surface area (Å²) in [5, 5.41) is 2.73. The summed E-state index contributed by atoms with van der Waals surface area (Å²) in [6, 6.07) is 26.2. The summed E-state index contributed by atoms with van der Waals surface area (Å²) in [6.07, 6.45) is 2.39. The first-order valence-corrected chi connectivity index (χ1v) is 11.4. The van der Waals surface area contributed by atoms with Crippen LogP contribution in [0.4, 0.5) is 0 Å². The molecular weight excluding hydrogens is 375 g/mol. The molecule has 0 bridgehead atoms. The predicted octanol–water partition coefficient (Wildman–Crippen LogP) is 6.18. The highest BCUT2D eigenvalue weighted by atomic mass is 127. The van der Waals surface area contributed by atoms with Crippen molar-refractivity contribution in [2.45, 2.75) is 10.6 Å². The highest BCUT2D eigenvalue weighted by Gasteiger charge is 2.18. The molecule has 0 aromatic heterocycles. The third kappa shape index (κ3) is 2.86. The van der Waals surface area contributed by atoms with Crippen molar-refractivity contribution in [2.75, 3.05) is 6.26 Å². The molecule has 102 valence electrons. The molecular formula is C18H17IS. The molecule has 0 aliphatic heterocycles. The van der Waals surface area contributed by atoms with Gasteiger partial charge in [-0.1, -0.05) is 60.7 Å². The molecule has 0 aliphatic carbocycles. The Balaban J connectivity index is 2.01. The first-order valence-electron chi connectivity index (χ1n) is 6.64.